The highest BCUT2D eigenvalue weighted by atomic mass is 16.5. The lowest BCUT2D eigenvalue weighted by atomic mass is 9.95. The van der Waals surface area contributed by atoms with Gasteiger partial charge in [0.1, 0.15) is 11.5 Å². The van der Waals surface area contributed by atoms with Crippen molar-refractivity contribution in [1.82, 2.24) is 4.90 Å². The summed E-state index contributed by atoms with van der Waals surface area (Å²) in [5.41, 5.74) is 1.05. The fourth-order valence-corrected chi connectivity index (χ4v) is 4.07. The minimum atomic E-state index is -0.795. The molecule has 0 aliphatic carbocycles. The van der Waals surface area contributed by atoms with Crippen LogP contribution in [0.1, 0.15) is 43.9 Å². The van der Waals surface area contributed by atoms with Crippen LogP contribution in [0.4, 0.5) is 0 Å². The lowest BCUT2D eigenvalue weighted by Crippen LogP contribution is -2.31. The Morgan fingerprint density at radius 1 is 1.00 bits per heavy atom. The highest BCUT2D eigenvalue weighted by molar-refractivity contribution is 6.46. The second-order valence-electron chi connectivity index (χ2n) is 8.06. The Kier molecular flexibility index (Phi) is 9.14. The molecule has 1 heterocycles. The summed E-state index contributed by atoms with van der Waals surface area (Å²) >= 11 is 0. The van der Waals surface area contributed by atoms with E-state index in [1.54, 1.807) is 49.6 Å². The van der Waals surface area contributed by atoms with Gasteiger partial charge in [-0.25, -0.2) is 0 Å². The fourth-order valence-electron chi connectivity index (χ4n) is 4.07. The molecular formula is C27H33NO7. The fraction of sp³-hybridized carbons (Fsp3) is 0.407. The molecular weight excluding hydrogens is 450 g/mol. The van der Waals surface area contributed by atoms with Gasteiger partial charge in [-0.1, -0.05) is 25.1 Å². The summed E-state index contributed by atoms with van der Waals surface area (Å²) in [6, 6.07) is 11.3. The number of methoxy groups -OCH3 is 2. The molecule has 8 nitrogen and oxygen atoms in total. The first kappa shape index (κ1) is 26.1. The first-order chi connectivity index (χ1) is 17.0. The second-order valence-corrected chi connectivity index (χ2v) is 8.06. The first-order valence-electron chi connectivity index (χ1n) is 11.8. The zero-order valence-electron chi connectivity index (χ0n) is 20.7. The van der Waals surface area contributed by atoms with Gasteiger partial charge >= 0.3 is 0 Å². The lowest BCUT2D eigenvalue weighted by molar-refractivity contribution is -0.140. The topological polar surface area (TPSA) is 94.5 Å². The number of benzene rings is 2. The van der Waals surface area contributed by atoms with Gasteiger partial charge in [-0.05, 0) is 49.6 Å². The van der Waals surface area contributed by atoms with Crippen LogP contribution in [-0.4, -0.2) is 62.3 Å². The van der Waals surface area contributed by atoms with Gasteiger partial charge in [-0.2, -0.15) is 0 Å². The maximum Gasteiger partial charge on any atom is 0.295 e. The van der Waals surface area contributed by atoms with Crippen molar-refractivity contribution in [2.24, 2.45) is 0 Å². The number of ketones is 1. The molecule has 1 N–H and O–H groups in total. The standard InChI is InChI=1S/C27H33NO7/c1-5-14-35-20-10-7-9-19(16-20)25(29)23-24(28(13-8-15-32-3)27(31)26(23)30)18-11-12-21(34-6-2)22(17-18)33-4/h7,9-12,16-17,24,29H,5-6,8,13-15H2,1-4H3. The van der Waals surface area contributed by atoms with Gasteiger partial charge in [0.15, 0.2) is 11.5 Å². The van der Waals surface area contributed by atoms with Crippen LogP contribution in [0, 0.1) is 0 Å². The van der Waals surface area contributed by atoms with E-state index >= 15 is 0 Å². The Labute approximate surface area is 206 Å². The summed E-state index contributed by atoms with van der Waals surface area (Å²) < 4.78 is 21.9. The summed E-state index contributed by atoms with van der Waals surface area (Å²) in [5, 5.41) is 11.3. The molecule has 1 saturated heterocycles. The van der Waals surface area contributed by atoms with Crippen molar-refractivity contribution >= 4 is 17.4 Å². The third-order valence-electron chi connectivity index (χ3n) is 5.67. The van der Waals surface area contributed by atoms with Crippen LogP contribution in [0.25, 0.3) is 5.76 Å². The van der Waals surface area contributed by atoms with Crippen molar-refractivity contribution in [2.75, 3.05) is 40.6 Å². The largest absolute Gasteiger partial charge is 0.507 e. The minimum absolute atomic E-state index is 0.0197. The SMILES string of the molecule is CCCOc1cccc(C(O)=C2C(=O)C(=O)N(CCCOC)C2c2ccc(OCC)c(OC)c2)c1. The van der Waals surface area contributed by atoms with E-state index in [0.29, 0.717) is 54.6 Å². The molecule has 2 aromatic carbocycles. The van der Waals surface area contributed by atoms with E-state index in [4.69, 9.17) is 18.9 Å². The number of hydrogen-bond acceptors (Lipinski definition) is 7. The number of amides is 1. The van der Waals surface area contributed by atoms with Gasteiger partial charge in [0.05, 0.1) is 31.9 Å². The second kappa shape index (κ2) is 12.3. The van der Waals surface area contributed by atoms with Crippen LogP contribution in [-0.2, 0) is 14.3 Å². The normalized spacial score (nSPS) is 17.0. The van der Waals surface area contributed by atoms with Crippen LogP contribution in [0.5, 0.6) is 17.2 Å². The van der Waals surface area contributed by atoms with Gasteiger partial charge in [0.25, 0.3) is 11.7 Å². The molecule has 0 saturated carbocycles. The molecule has 0 radical (unpaired) electrons. The molecule has 1 aliphatic heterocycles. The Morgan fingerprint density at radius 2 is 1.80 bits per heavy atom. The smallest absolute Gasteiger partial charge is 0.295 e. The maximum atomic E-state index is 13.2. The number of likely N-dealkylation sites (tertiary alicyclic amines) is 1. The third-order valence-corrected chi connectivity index (χ3v) is 5.67. The average molecular weight is 484 g/mol. The van der Waals surface area contributed by atoms with Crippen LogP contribution in [0.2, 0.25) is 0 Å². The van der Waals surface area contributed by atoms with E-state index in [2.05, 4.69) is 0 Å². The van der Waals surface area contributed by atoms with Crippen molar-refractivity contribution < 1.29 is 33.6 Å². The molecule has 0 aromatic heterocycles. The molecule has 188 valence electrons. The molecule has 0 spiro atoms. The summed E-state index contributed by atoms with van der Waals surface area (Å²) in [4.78, 5) is 27.7. The molecule has 1 amide bonds. The quantitative estimate of drug-likeness (QED) is 0.208. The minimum Gasteiger partial charge on any atom is -0.507 e. The predicted molar refractivity (Wildman–Crippen MR) is 132 cm³/mol. The van der Waals surface area contributed by atoms with Crippen LogP contribution in [0.3, 0.4) is 0 Å². The Morgan fingerprint density at radius 3 is 2.49 bits per heavy atom. The number of aliphatic hydroxyl groups is 1. The predicted octanol–water partition coefficient (Wildman–Crippen LogP) is 4.34. The number of aliphatic hydroxyl groups excluding tert-OH is 1. The Balaban J connectivity index is 2.12. The summed E-state index contributed by atoms with van der Waals surface area (Å²) in [7, 11) is 3.11. The van der Waals surface area contributed by atoms with Crippen LogP contribution in [0.15, 0.2) is 48.0 Å². The van der Waals surface area contributed by atoms with Crippen molar-refractivity contribution in [3.63, 3.8) is 0 Å². The van der Waals surface area contributed by atoms with E-state index in [-0.39, 0.29) is 17.9 Å². The Hall–Kier alpha value is -3.52. The van der Waals surface area contributed by atoms with E-state index in [1.807, 2.05) is 13.8 Å². The molecule has 35 heavy (non-hydrogen) atoms. The zero-order valence-corrected chi connectivity index (χ0v) is 20.7. The lowest BCUT2D eigenvalue weighted by Gasteiger charge is -2.26. The molecule has 0 bridgehead atoms. The van der Waals surface area contributed by atoms with Gasteiger partial charge in [-0.3, -0.25) is 9.59 Å². The van der Waals surface area contributed by atoms with Gasteiger partial charge in [-0.15, -0.1) is 0 Å². The Bertz CT molecular complexity index is 1080. The summed E-state index contributed by atoms with van der Waals surface area (Å²) in [5.74, 6) is -0.0592. The molecule has 8 heteroatoms. The maximum absolute atomic E-state index is 13.2. The molecule has 1 fully saturated rings. The molecule has 1 atom stereocenters. The number of carbonyl (C=O) groups excluding carboxylic acids is 2. The van der Waals surface area contributed by atoms with Crippen molar-refractivity contribution in [3.8, 4) is 17.2 Å². The zero-order chi connectivity index (χ0) is 25.4. The molecule has 2 aromatic rings. The van der Waals surface area contributed by atoms with E-state index in [1.165, 1.54) is 12.0 Å². The van der Waals surface area contributed by atoms with E-state index < -0.39 is 17.7 Å². The van der Waals surface area contributed by atoms with Crippen LogP contribution >= 0.6 is 0 Å². The molecule has 1 aliphatic rings. The van der Waals surface area contributed by atoms with Crippen molar-refractivity contribution in [2.45, 2.75) is 32.7 Å². The van der Waals surface area contributed by atoms with Gasteiger partial charge in [0.2, 0.25) is 0 Å². The van der Waals surface area contributed by atoms with Crippen molar-refractivity contribution in [3.05, 3.63) is 59.2 Å². The average Bonchev–Trinajstić information content (AvgIpc) is 3.12. The van der Waals surface area contributed by atoms with E-state index in [9.17, 15) is 14.7 Å². The highest BCUT2D eigenvalue weighted by Crippen LogP contribution is 2.42. The summed E-state index contributed by atoms with van der Waals surface area (Å²) in [6.07, 6.45) is 1.37. The molecule has 1 unspecified atom stereocenters. The van der Waals surface area contributed by atoms with Gasteiger partial charge in [0, 0.05) is 25.8 Å². The number of carbonyl (C=O) groups is 2. The number of nitrogens with zero attached hydrogens (tertiary/aromatic N) is 1. The molecule has 3 rings (SSSR count). The van der Waals surface area contributed by atoms with Crippen LogP contribution < -0.4 is 14.2 Å². The van der Waals surface area contributed by atoms with Gasteiger partial charge < -0.3 is 29.0 Å². The number of hydrogen-bond donors (Lipinski definition) is 1. The number of rotatable bonds is 12. The van der Waals surface area contributed by atoms with Crippen molar-refractivity contribution in [1.29, 1.82) is 0 Å². The number of ether oxygens (including phenoxy) is 4. The summed E-state index contributed by atoms with van der Waals surface area (Å²) in [6.45, 7) is 5.58. The number of Topliss-reactive ketones (excluding diaryl/α,β-unsaturated/α-hetero) is 1. The monoisotopic (exact) mass is 483 g/mol. The highest BCUT2D eigenvalue weighted by Gasteiger charge is 2.46. The first-order valence-corrected chi connectivity index (χ1v) is 11.8. The third kappa shape index (κ3) is 5.77. The van der Waals surface area contributed by atoms with E-state index in [0.717, 1.165) is 6.42 Å².